The zero-order valence-electron chi connectivity index (χ0n) is 12.3. The van der Waals surface area contributed by atoms with Crippen molar-refractivity contribution in [3.05, 3.63) is 33.8 Å². The van der Waals surface area contributed by atoms with E-state index in [2.05, 4.69) is 43.6 Å². The van der Waals surface area contributed by atoms with E-state index in [1.54, 1.807) is 0 Å². The molecule has 1 saturated heterocycles. The minimum atomic E-state index is -0.508. The molecule has 106 valence electrons. The molecule has 1 N–H and O–H groups in total. The quantitative estimate of drug-likeness (QED) is 0.873. The number of aliphatic hydroxyl groups excluding tert-OH is 1. The van der Waals surface area contributed by atoms with Crippen LogP contribution in [0.3, 0.4) is 0 Å². The molecule has 0 amide bonds. The van der Waals surface area contributed by atoms with Gasteiger partial charge in [-0.05, 0) is 58.2 Å². The highest BCUT2D eigenvalue weighted by molar-refractivity contribution is 9.10. The van der Waals surface area contributed by atoms with Gasteiger partial charge in [0, 0.05) is 10.4 Å². The maximum atomic E-state index is 10.7. The van der Waals surface area contributed by atoms with Crippen LogP contribution in [0.25, 0.3) is 0 Å². The molecule has 1 fully saturated rings. The molecule has 2 atom stereocenters. The van der Waals surface area contributed by atoms with Crippen molar-refractivity contribution in [3.63, 3.8) is 0 Å². The van der Waals surface area contributed by atoms with Gasteiger partial charge in [-0.2, -0.15) is 0 Å². The Morgan fingerprint density at radius 1 is 1.32 bits per heavy atom. The van der Waals surface area contributed by atoms with Crippen molar-refractivity contribution in [1.82, 2.24) is 0 Å². The van der Waals surface area contributed by atoms with Crippen molar-refractivity contribution in [2.24, 2.45) is 5.92 Å². The van der Waals surface area contributed by atoms with Gasteiger partial charge in [0.05, 0.1) is 17.3 Å². The molecule has 1 heterocycles. The van der Waals surface area contributed by atoms with Crippen LogP contribution in [0.15, 0.2) is 22.7 Å². The summed E-state index contributed by atoms with van der Waals surface area (Å²) in [6.07, 6.45) is 0.355. The van der Waals surface area contributed by atoms with Crippen LogP contribution < -0.4 is 0 Å². The molecule has 1 aromatic rings. The maximum Gasteiger partial charge on any atom is 0.0857 e. The number of hydrogen-bond donors (Lipinski definition) is 1. The van der Waals surface area contributed by atoms with Crippen molar-refractivity contribution < 1.29 is 9.84 Å². The van der Waals surface area contributed by atoms with E-state index < -0.39 is 6.10 Å². The second-order valence-electron chi connectivity index (χ2n) is 6.75. The van der Waals surface area contributed by atoms with Gasteiger partial charge in [-0.3, -0.25) is 0 Å². The summed E-state index contributed by atoms with van der Waals surface area (Å²) in [5.74, 6) is 0.0986. The van der Waals surface area contributed by atoms with E-state index in [1.807, 2.05) is 25.1 Å². The number of aliphatic hydroxyl groups is 1. The Morgan fingerprint density at radius 2 is 1.95 bits per heavy atom. The second-order valence-corrected chi connectivity index (χ2v) is 7.60. The zero-order valence-corrected chi connectivity index (χ0v) is 13.9. The summed E-state index contributed by atoms with van der Waals surface area (Å²) in [4.78, 5) is 0. The molecule has 19 heavy (non-hydrogen) atoms. The van der Waals surface area contributed by atoms with Crippen molar-refractivity contribution in [2.45, 2.75) is 58.3 Å². The predicted molar refractivity (Wildman–Crippen MR) is 81.2 cm³/mol. The third kappa shape index (κ3) is 3.04. The molecule has 0 aromatic heterocycles. The van der Waals surface area contributed by atoms with Crippen LogP contribution in [0.5, 0.6) is 0 Å². The minimum absolute atomic E-state index is 0.0986. The summed E-state index contributed by atoms with van der Waals surface area (Å²) in [6, 6.07) is 6.09. The summed E-state index contributed by atoms with van der Waals surface area (Å²) < 4.78 is 7.05. The molecule has 2 nitrogen and oxygen atoms in total. The van der Waals surface area contributed by atoms with E-state index in [1.165, 1.54) is 5.56 Å². The van der Waals surface area contributed by atoms with Gasteiger partial charge in [-0.1, -0.05) is 28.1 Å². The van der Waals surface area contributed by atoms with Gasteiger partial charge in [0.2, 0.25) is 0 Å². The van der Waals surface area contributed by atoms with Crippen LogP contribution in [0, 0.1) is 12.8 Å². The maximum absolute atomic E-state index is 10.7. The van der Waals surface area contributed by atoms with Crippen molar-refractivity contribution in [2.75, 3.05) is 0 Å². The highest BCUT2D eigenvalue weighted by Crippen LogP contribution is 2.48. The smallest absolute Gasteiger partial charge is 0.0857 e. The lowest BCUT2D eigenvalue weighted by Crippen LogP contribution is -2.32. The first-order valence-corrected chi connectivity index (χ1v) is 7.56. The van der Waals surface area contributed by atoms with Crippen molar-refractivity contribution in [1.29, 1.82) is 0 Å². The Balaban J connectivity index is 2.31. The second kappa shape index (κ2) is 4.87. The Bertz CT molecular complexity index is 480. The molecule has 1 aliphatic heterocycles. The summed E-state index contributed by atoms with van der Waals surface area (Å²) in [7, 11) is 0. The van der Waals surface area contributed by atoms with Crippen LogP contribution in [0.1, 0.15) is 51.3 Å². The normalized spacial score (nSPS) is 26.4. The predicted octanol–water partition coefficient (Wildman–Crippen LogP) is 4.38. The number of benzene rings is 1. The van der Waals surface area contributed by atoms with Crippen LogP contribution >= 0.6 is 15.9 Å². The molecule has 0 aliphatic carbocycles. The summed E-state index contributed by atoms with van der Waals surface area (Å²) in [6.45, 7) is 10.4. The number of hydrogen-bond acceptors (Lipinski definition) is 2. The molecule has 1 aromatic carbocycles. The van der Waals surface area contributed by atoms with Crippen LogP contribution in [0.2, 0.25) is 0 Å². The van der Waals surface area contributed by atoms with E-state index in [9.17, 15) is 5.11 Å². The molecule has 0 spiro atoms. The Labute approximate surface area is 124 Å². The summed E-state index contributed by atoms with van der Waals surface area (Å²) in [5, 5.41) is 10.7. The molecule has 2 unspecified atom stereocenters. The van der Waals surface area contributed by atoms with Gasteiger partial charge in [-0.15, -0.1) is 0 Å². The third-order valence-electron chi connectivity index (χ3n) is 4.00. The molecular formula is C16H23BrO2. The highest BCUT2D eigenvalue weighted by Gasteiger charge is 2.49. The lowest BCUT2D eigenvalue weighted by Gasteiger charge is -2.31. The van der Waals surface area contributed by atoms with E-state index in [0.29, 0.717) is 0 Å². The summed E-state index contributed by atoms with van der Waals surface area (Å²) in [5.41, 5.74) is 1.65. The molecule has 0 bridgehead atoms. The van der Waals surface area contributed by atoms with Gasteiger partial charge < -0.3 is 9.84 Å². The van der Waals surface area contributed by atoms with Crippen LogP contribution in [-0.2, 0) is 4.74 Å². The zero-order chi connectivity index (χ0) is 14.4. The Hall–Kier alpha value is -0.380. The highest BCUT2D eigenvalue weighted by atomic mass is 79.9. The standard InChI is InChI=1S/C16H23BrO2/c1-10-6-7-11(13(17)8-10)14(18)12-9-15(2,3)19-16(12,4)5/h6-8,12,14,18H,9H2,1-5H3. The molecule has 1 aliphatic rings. The number of halogens is 1. The number of ether oxygens (including phenoxy) is 1. The molecule has 0 radical (unpaired) electrons. The topological polar surface area (TPSA) is 29.5 Å². The number of aryl methyl sites for hydroxylation is 1. The third-order valence-corrected chi connectivity index (χ3v) is 4.69. The van der Waals surface area contributed by atoms with Crippen LogP contribution in [-0.4, -0.2) is 16.3 Å². The molecule has 3 heteroatoms. The molecule has 0 saturated carbocycles. The van der Waals surface area contributed by atoms with E-state index in [-0.39, 0.29) is 17.1 Å². The average molecular weight is 327 g/mol. The fourth-order valence-corrected chi connectivity index (χ4v) is 3.91. The molecular weight excluding hydrogens is 304 g/mol. The van der Waals surface area contributed by atoms with E-state index >= 15 is 0 Å². The van der Waals surface area contributed by atoms with E-state index in [4.69, 9.17) is 4.74 Å². The van der Waals surface area contributed by atoms with Crippen molar-refractivity contribution >= 4 is 15.9 Å². The molecule has 2 rings (SSSR count). The summed E-state index contributed by atoms with van der Waals surface area (Å²) >= 11 is 3.56. The monoisotopic (exact) mass is 326 g/mol. The largest absolute Gasteiger partial charge is 0.388 e. The lowest BCUT2D eigenvalue weighted by molar-refractivity contribution is -0.0880. The van der Waals surface area contributed by atoms with Gasteiger partial charge in [-0.25, -0.2) is 0 Å². The first-order chi connectivity index (χ1) is 8.62. The van der Waals surface area contributed by atoms with Crippen molar-refractivity contribution in [3.8, 4) is 0 Å². The first kappa shape index (κ1) is 15.0. The Morgan fingerprint density at radius 3 is 2.42 bits per heavy atom. The SMILES string of the molecule is Cc1ccc(C(O)C2CC(C)(C)OC2(C)C)c(Br)c1. The van der Waals surface area contributed by atoms with Gasteiger partial charge >= 0.3 is 0 Å². The van der Waals surface area contributed by atoms with Gasteiger partial charge in [0.25, 0.3) is 0 Å². The minimum Gasteiger partial charge on any atom is -0.388 e. The van der Waals surface area contributed by atoms with E-state index in [0.717, 1.165) is 16.5 Å². The lowest BCUT2D eigenvalue weighted by atomic mass is 9.80. The fourth-order valence-electron chi connectivity index (χ4n) is 3.19. The number of rotatable bonds is 2. The van der Waals surface area contributed by atoms with Gasteiger partial charge in [0.15, 0.2) is 0 Å². The fraction of sp³-hybridized carbons (Fsp3) is 0.625. The first-order valence-electron chi connectivity index (χ1n) is 6.77. The Kier molecular flexibility index (Phi) is 3.85. The van der Waals surface area contributed by atoms with Crippen LogP contribution in [0.4, 0.5) is 0 Å². The average Bonchev–Trinajstić information content (AvgIpc) is 2.45. The van der Waals surface area contributed by atoms with Gasteiger partial charge in [0.1, 0.15) is 0 Å².